The average molecular weight is 339 g/mol. The Bertz CT molecular complexity index is 685. The number of nitrogens with one attached hydrogen (secondary N) is 2. The van der Waals surface area contributed by atoms with Crippen LogP contribution in [0.3, 0.4) is 0 Å². The minimum atomic E-state index is 0.821. The Hall–Kier alpha value is -2.30. The van der Waals surface area contributed by atoms with Gasteiger partial charge < -0.3 is 10.6 Å². The van der Waals surface area contributed by atoms with Gasteiger partial charge in [-0.25, -0.2) is 4.68 Å². The highest BCUT2D eigenvalue weighted by atomic mass is 15.3. The molecule has 0 atom stereocenters. The van der Waals surface area contributed by atoms with Crippen LogP contribution in [0.5, 0.6) is 0 Å². The predicted molar refractivity (Wildman–Crippen MR) is 103 cm³/mol. The van der Waals surface area contributed by atoms with Gasteiger partial charge >= 0.3 is 0 Å². The van der Waals surface area contributed by atoms with E-state index >= 15 is 0 Å². The van der Waals surface area contributed by atoms with Crippen molar-refractivity contribution in [3.05, 3.63) is 47.8 Å². The second-order valence-electron chi connectivity index (χ2n) is 6.71. The molecule has 0 unspecified atom stereocenters. The summed E-state index contributed by atoms with van der Waals surface area (Å²) in [6.07, 6.45) is 6.92. The lowest BCUT2D eigenvalue weighted by atomic mass is 10.1. The molecule has 1 aromatic carbocycles. The quantitative estimate of drug-likeness (QED) is 0.441. The molecule has 3 rings (SSSR count). The van der Waals surface area contributed by atoms with Gasteiger partial charge in [0.15, 0.2) is 5.96 Å². The maximum absolute atomic E-state index is 4.66. The molecule has 2 N–H and O–H groups in total. The monoisotopic (exact) mass is 339 g/mol. The van der Waals surface area contributed by atoms with E-state index < -0.39 is 0 Å². The second kappa shape index (κ2) is 8.70. The van der Waals surface area contributed by atoms with Gasteiger partial charge in [0, 0.05) is 25.8 Å². The van der Waals surface area contributed by atoms with E-state index in [1.807, 2.05) is 22.9 Å². The summed E-state index contributed by atoms with van der Waals surface area (Å²) in [5.74, 6) is 1.77. The zero-order valence-electron chi connectivity index (χ0n) is 15.3. The third kappa shape index (κ3) is 5.34. The molecule has 0 spiro atoms. The van der Waals surface area contributed by atoms with E-state index in [9.17, 15) is 0 Å². The lowest BCUT2D eigenvalue weighted by Gasteiger charge is -2.10. The number of rotatable bonds is 8. The number of para-hydroxylation sites is 1. The average Bonchev–Trinajstić information content (AvgIpc) is 3.39. The summed E-state index contributed by atoms with van der Waals surface area (Å²) in [4.78, 5) is 4.66. The number of hydrogen-bond acceptors (Lipinski definition) is 2. The fourth-order valence-electron chi connectivity index (χ4n) is 2.80. The number of aryl methyl sites for hydroxylation is 2. The summed E-state index contributed by atoms with van der Waals surface area (Å²) in [6, 6.07) is 10.3. The zero-order valence-corrected chi connectivity index (χ0v) is 15.3. The Morgan fingerprint density at radius 3 is 2.76 bits per heavy atom. The lowest BCUT2D eigenvalue weighted by Crippen LogP contribution is -2.38. The Balaban J connectivity index is 1.48. The van der Waals surface area contributed by atoms with E-state index in [1.165, 1.54) is 18.4 Å². The molecular formula is C20H29N5. The van der Waals surface area contributed by atoms with Crippen LogP contribution in [0.2, 0.25) is 0 Å². The summed E-state index contributed by atoms with van der Waals surface area (Å²) >= 11 is 0. The largest absolute Gasteiger partial charge is 0.357 e. The molecule has 0 saturated heterocycles. The van der Waals surface area contributed by atoms with E-state index in [2.05, 4.69) is 52.9 Å². The SMILES string of the molecule is CCNC(=NCC1CC1)NCCCc1cn(-c2ccccc2)nc1C. The molecule has 2 aromatic rings. The highest BCUT2D eigenvalue weighted by Gasteiger charge is 2.20. The van der Waals surface area contributed by atoms with Gasteiger partial charge in [0.05, 0.1) is 11.4 Å². The van der Waals surface area contributed by atoms with Crippen LogP contribution in [-0.2, 0) is 6.42 Å². The maximum Gasteiger partial charge on any atom is 0.191 e. The van der Waals surface area contributed by atoms with Crippen LogP contribution in [0.4, 0.5) is 0 Å². The zero-order chi connectivity index (χ0) is 17.5. The van der Waals surface area contributed by atoms with Crippen molar-refractivity contribution in [3.63, 3.8) is 0 Å². The summed E-state index contributed by atoms with van der Waals surface area (Å²) < 4.78 is 1.97. The summed E-state index contributed by atoms with van der Waals surface area (Å²) in [5, 5.41) is 11.4. The van der Waals surface area contributed by atoms with Crippen molar-refractivity contribution in [3.8, 4) is 5.69 Å². The molecule has 1 fully saturated rings. The molecule has 25 heavy (non-hydrogen) atoms. The van der Waals surface area contributed by atoms with Crippen LogP contribution in [0.15, 0.2) is 41.5 Å². The highest BCUT2D eigenvalue weighted by molar-refractivity contribution is 5.79. The van der Waals surface area contributed by atoms with Crippen LogP contribution in [-0.4, -0.2) is 35.4 Å². The standard InChI is InChI=1S/C20H29N5/c1-3-21-20(23-14-17-11-12-17)22-13-7-8-18-15-25(24-16(18)2)19-9-5-4-6-10-19/h4-6,9-10,15,17H,3,7-8,11-14H2,1-2H3,(H2,21,22,23). The van der Waals surface area contributed by atoms with Crippen LogP contribution in [0, 0.1) is 12.8 Å². The van der Waals surface area contributed by atoms with Crippen molar-refractivity contribution in [2.75, 3.05) is 19.6 Å². The van der Waals surface area contributed by atoms with Crippen LogP contribution in [0.25, 0.3) is 5.69 Å². The minimum absolute atomic E-state index is 0.821. The number of hydrogen-bond donors (Lipinski definition) is 2. The van der Waals surface area contributed by atoms with Crippen LogP contribution in [0.1, 0.15) is 37.4 Å². The first-order valence-corrected chi connectivity index (χ1v) is 9.39. The fraction of sp³-hybridized carbons (Fsp3) is 0.500. The molecule has 1 heterocycles. The van der Waals surface area contributed by atoms with Crippen LogP contribution < -0.4 is 10.6 Å². The van der Waals surface area contributed by atoms with E-state index in [-0.39, 0.29) is 0 Å². The van der Waals surface area contributed by atoms with E-state index in [0.29, 0.717) is 0 Å². The molecule has 134 valence electrons. The maximum atomic E-state index is 4.66. The van der Waals surface area contributed by atoms with Crippen molar-refractivity contribution in [1.29, 1.82) is 0 Å². The van der Waals surface area contributed by atoms with Crippen molar-refractivity contribution in [2.24, 2.45) is 10.9 Å². The van der Waals surface area contributed by atoms with E-state index in [4.69, 9.17) is 0 Å². The number of guanidine groups is 1. The number of aliphatic imine (C=N–C) groups is 1. The Kier molecular flexibility index (Phi) is 6.09. The van der Waals surface area contributed by atoms with Crippen LogP contribution >= 0.6 is 0 Å². The molecule has 1 aliphatic carbocycles. The first-order chi connectivity index (χ1) is 12.3. The minimum Gasteiger partial charge on any atom is -0.357 e. The van der Waals surface area contributed by atoms with Crippen molar-refractivity contribution in [1.82, 2.24) is 20.4 Å². The Morgan fingerprint density at radius 1 is 1.24 bits per heavy atom. The van der Waals surface area contributed by atoms with Gasteiger partial charge in [-0.05, 0) is 63.1 Å². The third-order valence-electron chi connectivity index (χ3n) is 4.49. The van der Waals surface area contributed by atoms with Crippen molar-refractivity contribution in [2.45, 2.75) is 39.5 Å². The van der Waals surface area contributed by atoms with Gasteiger partial charge in [0.2, 0.25) is 0 Å². The smallest absolute Gasteiger partial charge is 0.191 e. The molecule has 1 aromatic heterocycles. The molecule has 0 amide bonds. The van der Waals surface area contributed by atoms with Gasteiger partial charge in [0.1, 0.15) is 0 Å². The van der Waals surface area contributed by atoms with E-state index in [0.717, 1.165) is 55.7 Å². The summed E-state index contributed by atoms with van der Waals surface area (Å²) in [7, 11) is 0. The first kappa shape index (κ1) is 17.5. The molecule has 1 aliphatic rings. The topological polar surface area (TPSA) is 54.2 Å². The van der Waals surface area contributed by atoms with Gasteiger partial charge in [-0.15, -0.1) is 0 Å². The van der Waals surface area contributed by atoms with Gasteiger partial charge in [-0.1, -0.05) is 18.2 Å². The molecule has 1 saturated carbocycles. The molecule has 0 radical (unpaired) electrons. The second-order valence-corrected chi connectivity index (χ2v) is 6.71. The first-order valence-electron chi connectivity index (χ1n) is 9.39. The highest BCUT2D eigenvalue weighted by Crippen LogP contribution is 2.28. The van der Waals surface area contributed by atoms with Crippen molar-refractivity contribution < 1.29 is 0 Å². The van der Waals surface area contributed by atoms with E-state index in [1.54, 1.807) is 0 Å². The number of benzene rings is 1. The molecule has 0 aliphatic heterocycles. The lowest BCUT2D eigenvalue weighted by molar-refractivity contribution is 0.734. The Labute approximate surface area is 150 Å². The normalized spacial score (nSPS) is 14.6. The van der Waals surface area contributed by atoms with Gasteiger partial charge in [-0.2, -0.15) is 5.10 Å². The summed E-state index contributed by atoms with van der Waals surface area (Å²) in [5.41, 5.74) is 3.53. The number of nitrogens with zero attached hydrogens (tertiary/aromatic N) is 3. The predicted octanol–water partition coefficient (Wildman–Crippen LogP) is 3.08. The molecule has 5 nitrogen and oxygen atoms in total. The molecular weight excluding hydrogens is 310 g/mol. The Morgan fingerprint density at radius 2 is 2.04 bits per heavy atom. The van der Waals surface area contributed by atoms with Gasteiger partial charge in [0.25, 0.3) is 0 Å². The molecule has 0 bridgehead atoms. The van der Waals surface area contributed by atoms with Crippen molar-refractivity contribution >= 4 is 5.96 Å². The third-order valence-corrected chi connectivity index (χ3v) is 4.49. The number of aromatic nitrogens is 2. The van der Waals surface area contributed by atoms with Gasteiger partial charge in [-0.3, -0.25) is 4.99 Å². The molecule has 5 heteroatoms. The summed E-state index contributed by atoms with van der Waals surface area (Å²) in [6.45, 7) is 6.98. The fourth-order valence-corrected chi connectivity index (χ4v) is 2.80.